The molecular weight excluding hydrogens is 372 g/mol. The quantitative estimate of drug-likeness (QED) is 0.520. The third kappa shape index (κ3) is 4.34. The van der Waals surface area contributed by atoms with Crippen molar-refractivity contribution in [3.05, 3.63) is 34.9 Å². The van der Waals surface area contributed by atoms with E-state index in [1.54, 1.807) is 4.90 Å². The molecule has 8 heteroatoms. The van der Waals surface area contributed by atoms with Gasteiger partial charge in [0.1, 0.15) is 6.04 Å². The molecule has 2 unspecified atom stereocenters. The summed E-state index contributed by atoms with van der Waals surface area (Å²) < 4.78 is 0. The molecule has 3 aliphatic rings. The summed E-state index contributed by atoms with van der Waals surface area (Å²) in [7, 11) is 0. The van der Waals surface area contributed by atoms with E-state index in [9.17, 15) is 19.5 Å². The maximum atomic E-state index is 12.9. The molecule has 2 saturated heterocycles. The van der Waals surface area contributed by atoms with Crippen LogP contribution in [0.1, 0.15) is 53.6 Å². The van der Waals surface area contributed by atoms with Gasteiger partial charge < -0.3 is 20.6 Å². The van der Waals surface area contributed by atoms with Crippen LogP contribution >= 0.6 is 0 Å². The van der Waals surface area contributed by atoms with E-state index >= 15 is 0 Å². The molecule has 29 heavy (non-hydrogen) atoms. The molecule has 0 saturated carbocycles. The van der Waals surface area contributed by atoms with Gasteiger partial charge in [-0.2, -0.15) is 0 Å². The summed E-state index contributed by atoms with van der Waals surface area (Å²) in [6.07, 6.45) is 3.08. The Morgan fingerprint density at radius 2 is 2.07 bits per heavy atom. The summed E-state index contributed by atoms with van der Waals surface area (Å²) in [5, 5.41) is 19.7. The Morgan fingerprint density at radius 3 is 2.90 bits per heavy atom. The number of benzene rings is 1. The number of imide groups is 1. The Labute approximate surface area is 170 Å². The second-order valence-corrected chi connectivity index (χ2v) is 8.32. The molecule has 156 valence electrons. The van der Waals surface area contributed by atoms with Gasteiger partial charge in [0.2, 0.25) is 11.8 Å². The van der Waals surface area contributed by atoms with Crippen molar-refractivity contribution in [1.82, 2.24) is 20.9 Å². The van der Waals surface area contributed by atoms with Gasteiger partial charge in [0.25, 0.3) is 5.91 Å². The van der Waals surface area contributed by atoms with Crippen LogP contribution in [0.25, 0.3) is 0 Å². The van der Waals surface area contributed by atoms with Crippen molar-refractivity contribution < 1.29 is 19.5 Å². The van der Waals surface area contributed by atoms with Crippen LogP contribution in [0.4, 0.5) is 0 Å². The maximum Gasteiger partial charge on any atom is 0.255 e. The van der Waals surface area contributed by atoms with Gasteiger partial charge in [-0.3, -0.25) is 19.7 Å². The number of hydrogen-bond acceptors (Lipinski definition) is 6. The molecule has 8 nitrogen and oxygen atoms in total. The van der Waals surface area contributed by atoms with Crippen molar-refractivity contribution in [2.45, 2.75) is 56.8 Å². The smallest absolute Gasteiger partial charge is 0.255 e. The SMILES string of the molecule is O=C1CCC(N2Cc3ccc(CNCC4(O)CCCNCC4)cc3C2=O)C(=O)N1. The van der Waals surface area contributed by atoms with E-state index in [4.69, 9.17) is 0 Å². The zero-order valence-electron chi connectivity index (χ0n) is 16.5. The lowest BCUT2D eigenvalue weighted by molar-refractivity contribution is -0.136. The van der Waals surface area contributed by atoms with E-state index in [1.165, 1.54) is 0 Å². The summed E-state index contributed by atoms with van der Waals surface area (Å²) >= 11 is 0. The van der Waals surface area contributed by atoms with Crippen LogP contribution in [0.5, 0.6) is 0 Å². The predicted molar refractivity (Wildman–Crippen MR) is 106 cm³/mol. The van der Waals surface area contributed by atoms with Crippen molar-refractivity contribution >= 4 is 17.7 Å². The minimum absolute atomic E-state index is 0.162. The van der Waals surface area contributed by atoms with Crippen molar-refractivity contribution in [3.63, 3.8) is 0 Å². The van der Waals surface area contributed by atoms with Crippen LogP contribution < -0.4 is 16.0 Å². The van der Waals surface area contributed by atoms with E-state index in [-0.39, 0.29) is 18.2 Å². The van der Waals surface area contributed by atoms with Crippen molar-refractivity contribution in [1.29, 1.82) is 0 Å². The maximum absolute atomic E-state index is 12.9. The van der Waals surface area contributed by atoms with Gasteiger partial charge in [-0.05, 0) is 56.0 Å². The molecule has 2 atom stereocenters. The molecule has 2 fully saturated rings. The zero-order valence-corrected chi connectivity index (χ0v) is 16.5. The van der Waals surface area contributed by atoms with Crippen LogP contribution in [0, 0.1) is 0 Å². The number of rotatable bonds is 5. The molecule has 0 aromatic heterocycles. The fraction of sp³-hybridized carbons (Fsp3) is 0.571. The van der Waals surface area contributed by atoms with Gasteiger partial charge in [0, 0.05) is 31.6 Å². The van der Waals surface area contributed by atoms with E-state index in [0.29, 0.717) is 31.6 Å². The average molecular weight is 400 g/mol. The van der Waals surface area contributed by atoms with E-state index < -0.39 is 17.6 Å². The summed E-state index contributed by atoms with van der Waals surface area (Å²) in [6, 6.07) is 5.19. The molecule has 3 heterocycles. The topological polar surface area (TPSA) is 111 Å². The monoisotopic (exact) mass is 400 g/mol. The number of fused-ring (bicyclic) bond motifs is 1. The minimum atomic E-state index is -0.696. The molecule has 1 aromatic carbocycles. The van der Waals surface area contributed by atoms with Gasteiger partial charge in [0.15, 0.2) is 0 Å². The van der Waals surface area contributed by atoms with Crippen LogP contribution in [-0.2, 0) is 22.7 Å². The van der Waals surface area contributed by atoms with Gasteiger partial charge in [-0.25, -0.2) is 0 Å². The Hall–Kier alpha value is -2.29. The van der Waals surface area contributed by atoms with E-state index in [1.807, 2.05) is 18.2 Å². The number of nitrogens with zero attached hydrogens (tertiary/aromatic N) is 1. The second kappa shape index (κ2) is 8.22. The second-order valence-electron chi connectivity index (χ2n) is 8.32. The molecule has 3 amide bonds. The highest BCUT2D eigenvalue weighted by Gasteiger charge is 2.39. The highest BCUT2D eigenvalue weighted by Crippen LogP contribution is 2.28. The highest BCUT2D eigenvalue weighted by molar-refractivity contribution is 6.05. The Morgan fingerprint density at radius 1 is 1.21 bits per heavy atom. The van der Waals surface area contributed by atoms with Gasteiger partial charge in [-0.15, -0.1) is 0 Å². The summed E-state index contributed by atoms with van der Waals surface area (Å²) in [5.74, 6) is -0.838. The molecule has 0 radical (unpaired) electrons. The molecule has 4 N–H and O–H groups in total. The summed E-state index contributed by atoms with van der Waals surface area (Å²) in [5.41, 5.74) is 1.79. The predicted octanol–water partition coefficient (Wildman–Crippen LogP) is 0.0418. The normalized spacial score (nSPS) is 27.6. The number of amides is 3. The van der Waals surface area contributed by atoms with Gasteiger partial charge in [0.05, 0.1) is 5.60 Å². The molecule has 4 rings (SSSR count). The first-order chi connectivity index (χ1) is 14.0. The minimum Gasteiger partial charge on any atom is -0.389 e. The number of aliphatic hydroxyl groups is 1. The number of carbonyl (C=O) groups is 3. The fourth-order valence-corrected chi connectivity index (χ4v) is 4.44. The third-order valence-corrected chi connectivity index (χ3v) is 6.14. The lowest BCUT2D eigenvalue weighted by Crippen LogP contribution is -2.52. The molecular formula is C21H28N4O4. The number of hydrogen-bond donors (Lipinski definition) is 4. The Balaban J connectivity index is 1.38. The first-order valence-electron chi connectivity index (χ1n) is 10.4. The van der Waals surface area contributed by atoms with E-state index in [0.717, 1.165) is 43.5 Å². The van der Waals surface area contributed by atoms with Crippen molar-refractivity contribution in [2.24, 2.45) is 0 Å². The highest BCUT2D eigenvalue weighted by atomic mass is 16.3. The largest absolute Gasteiger partial charge is 0.389 e. The van der Waals surface area contributed by atoms with Gasteiger partial charge >= 0.3 is 0 Å². The first-order valence-corrected chi connectivity index (χ1v) is 10.4. The third-order valence-electron chi connectivity index (χ3n) is 6.14. The number of nitrogens with one attached hydrogen (secondary N) is 3. The van der Waals surface area contributed by atoms with E-state index in [2.05, 4.69) is 16.0 Å². The van der Waals surface area contributed by atoms with Crippen molar-refractivity contribution in [3.8, 4) is 0 Å². The van der Waals surface area contributed by atoms with Crippen LogP contribution in [-0.4, -0.2) is 59.0 Å². The molecule has 0 spiro atoms. The van der Waals surface area contributed by atoms with Crippen LogP contribution in [0.2, 0.25) is 0 Å². The molecule has 0 aliphatic carbocycles. The van der Waals surface area contributed by atoms with Crippen LogP contribution in [0.3, 0.4) is 0 Å². The standard InChI is InChI=1S/C21H28N4O4/c26-18-5-4-17(19(27)24-18)25-12-15-3-2-14(10-16(15)20(25)28)11-23-13-21(29)6-1-8-22-9-7-21/h2-3,10,17,22-23,29H,1,4-9,11-13H2,(H,24,26,27). The molecule has 3 aliphatic heterocycles. The molecule has 1 aromatic rings. The van der Waals surface area contributed by atoms with Crippen LogP contribution in [0.15, 0.2) is 18.2 Å². The summed E-state index contributed by atoms with van der Waals surface area (Å²) in [6.45, 7) is 3.23. The number of piperidine rings is 1. The lowest BCUT2D eigenvalue weighted by atomic mass is 9.95. The Bertz CT molecular complexity index is 817. The fourth-order valence-electron chi connectivity index (χ4n) is 4.44. The number of carbonyl (C=O) groups excluding carboxylic acids is 3. The van der Waals surface area contributed by atoms with Crippen molar-refractivity contribution in [2.75, 3.05) is 19.6 Å². The van der Waals surface area contributed by atoms with Gasteiger partial charge in [-0.1, -0.05) is 12.1 Å². The Kier molecular flexibility index (Phi) is 5.67. The first kappa shape index (κ1) is 20.0. The average Bonchev–Trinajstić information content (AvgIpc) is 2.85. The lowest BCUT2D eigenvalue weighted by Gasteiger charge is -2.29. The molecule has 0 bridgehead atoms. The zero-order chi connectivity index (χ0) is 20.4. The summed E-state index contributed by atoms with van der Waals surface area (Å²) in [4.78, 5) is 37.9.